The van der Waals surface area contributed by atoms with Crippen molar-refractivity contribution in [3.63, 3.8) is 0 Å². The lowest BCUT2D eigenvalue weighted by atomic mass is 9.89. The third-order valence-electron chi connectivity index (χ3n) is 5.17. The van der Waals surface area contributed by atoms with Gasteiger partial charge in [-0.05, 0) is 68.0 Å². The maximum absolute atomic E-state index is 3.64. The van der Waals surface area contributed by atoms with E-state index in [2.05, 4.69) is 42.6 Å². The van der Waals surface area contributed by atoms with Crippen LogP contribution in [0.15, 0.2) is 30.3 Å². The van der Waals surface area contributed by atoms with E-state index < -0.39 is 0 Å². The summed E-state index contributed by atoms with van der Waals surface area (Å²) in [6.07, 6.45) is 7.10. The maximum Gasteiger partial charge on any atom is -0.00178 e. The summed E-state index contributed by atoms with van der Waals surface area (Å²) >= 11 is 0. The van der Waals surface area contributed by atoms with Gasteiger partial charge in [0.15, 0.2) is 0 Å². The predicted molar refractivity (Wildman–Crippen MR) is 81.3 cm³/mol. The Balaban J connectivity index is 1.55. The number of hydrogen-bond acceptors (Lipinski definition) is 1. The Labute approximate surface area is 117 Å². The van der Waals surface area contributed by atoms with Crippen LogP contribution in [-0.4, -0.2) is 13.1 Å². The van der Waals surface area contributed by atoms with E-state index in [0.29, 0.717) is 0 Å². The molecular weight excluding hydrogens is 230 g/mol. The zero-order chi connectivity index (χ0) is 13.1. The average Bonchev–Trinajstić information content (AvgIpc) is 3.12. The van der Waals surface area contributed by atoms with Crippen LogP contribution < -0.4 is 5.32 Å². The first kappa shape index (κ1) is 13.2. The molecule has 19 heavy (non-hydrogen) atoms. The molecule has 1 nitrogen and oxygen atoms in total. The van der Waals surface area contributed by atoms with Gasteiger partial charge in [-0.25, -0.2) is 0 Å². The summed E-state index contributed by atoms with van der Waals surface area (Å²) in [6, 6.07) is 11.2. The van der Waals surface area contributed by atoms with Crippen molar-refractivity contribution in [2.75, 3.05) is 13.1 Å². The summed E-state index contributed by atoms with van der Waals surface area (Å²) in [7, 11) is 0. The third kappa shape index (κ3) is 3.02. The summed E-state index contributed by atoms with van der Waals surface area (Å²) in [6.45, 7) is 4.71. The fraction of sp³-hybridized carbons (Fsp3) is 0.667. The Morgan fingerprint density at radius 1 is 1.11 bits per heavy atom. The van der Waals surface area contributed by atoms with E-state index in [1.54, 1.807) is 5.56 Å². The number of hydrogen-bond donors (Lipinski definition) is 1. The highest BCUT2D eigenvalue weighted by Gasteiger charge is 2.47. The highest BCUT2D eigenvalue weighted by atomic mass is 14.9. The van der Waals surface area contributed by atoms with Crippen molar-refractivity contribution in [3.05, 3.63) is 35.9 Å². The van der Waals surface area contributed by atoms with Gasteiger partial charge < -0.3 is 5.32 Å². The molecule has 0 amide bonds. The van der Waals surface area contributed by atoms with E-state index in [-0.39, 0.29) is 0 Å². The van der Waals surface area contributed by atoms with E-state index in [0.717, 1.165) is 23.7 Å². The first-order valence-corrected chi connectivity index (χ1v) is 8.15. The van der Waals surface area contributed by atoms with Crippen molar-refractivity contribution >= 4 is 0 Å². The molecule has 0 aromatic heterocycles. The minimum Gasteiger partial charge on any atom is -0.316 e. The average molecular weight is 257 g/mol. The minimum absolute atomic E-state index is 0.873. The van der Waals surface area contributed by atoms with Crippen molar-refractivity contribution in [2.45, 2.75) is 44.9 Å². The Bertz CT molecular complexity index is 386. The lowest BCUT2D eigenvalue weighted by molar-refractivity contribution is 0.326. The van der Waals surface area contributed by atoms with Crippen molar-refractivity contribution in [1.82, 2.24) is 5.32 Å². The van der Waals surface area contributed by atoms with Crippen LogP contribution in [0.25, 0.3) is 0 Å². The molecule has 0 bridgehead atoms. The zero-order valence-corrected chi connectivity index (χ0v) is 12.1. The van der Waals surface area contributed by atoms with Crippen LogP contribution in [-0.2, 0) is 0 Å². The molecule has 0 radical (unpaired) electrons. The predicted octanol–water partition coefficient (Wildman–Crippen LogP) is 4.21. The first-order valence-electron chi connectivity index (χ1n) is 8.15. The zero-order valence-electron chi connectivity index (χ0n) is 12.1. The molecule has 1 aromatic rings. The molecule has 1 aromatic carbocycles. The smallest absolute Gasteiger partial charge is 0.00178 e. The molecule has 0 spiro atoms. The van der Waals surface area contributed by atoms with Gasteiger partial charge in [0.25, 0.3) is 0 Å². The van der Waals surface area contributed by atoms with Gasteiger partial charge in [-0.3, -0.25) is 0 Å². The summed E-state index contributed by atoms with van der Waals surface area (Å²) in [5, 5.41) is 3.64. The van der Waals surface area contributed by atoms with E-state index in [4.69, 9.17) is 0 Å². The summed E-state index contributed by atoms with van der Waals surface area (Å²) in [5.74, 6) is 3.80. The standard InChI is InChI=1S/C18H27N/c1-2-11-19-13-15-9-6-10-16(15)18-12-17(18)14-7-4-3-5-8-14/h3-5,7-8,15-19H,2,6,9-13H2,1H3. The second kappa shape index (κ2) is 6.09. The fourth-order valence-corrected chi connectivity index (χ4v) is 4.12. The Hall–Kier alpha value is -0.820. The Morgan fingerprint density at radius 2 is 1.95 bits per heavy atom. The van der Waals surface area contributed by atoms with Crippen molar-refractivity contribution in [1.29, 1.82) is 0 Å². The lowest BCUT2D eigenvalue weighted by Gasteiger charge is -2.20. The number of nitrogens with one attached hydrogen (secondary N) is 1. The van der Waals surface area contributed by atoms with Gasteiger partial charge in [-0.1, -0.05) is 43.7 Å². The fourth-order valence-electron chi connectivity index (χ4n) is 4.12. The van der Waals surface area contributed by atoms with E-state index in [1.807, 2.05) is 0 Å². The van der Waals surface area contributed by atoms with Crippen LogP contribution in [0.4, 0.5) is 0 Å². The lowest BCUT2D eigenvalue weighted by Crippen LogP contribution is -2.26. The van der Waals surface area contributed by atoms with Gasteiger partial charge in [0, 0.05) is 0 Å². The molecule has 3 rings (SSSR count). The second-order valence-corrected chi connectivity index (χ2v) is 6.48. The molecule has 0 saturated heterocycles. The Kier molecular flexibility index (Phi) is 4.22. The summed E-state index contributed by atoms with van der Waals surface area (Å²) in [4.78, 5) is 0. The monoisotopic (exact) mass is 257 g/mol. The molecule has 4 atom stereocenters. The van der Waals surface area contributed by atoms with Gasteiger partial charge >= 0.3 is 0 Å². The first-order chi connectivity index (χ1) is 9.40. The maximum atomic E-state index is 3.64. The Morgan fingerprint density at radius 3 is 2.74 bits per heavy atom. The molecule has 1 heteroatoms. The molecule has 2 aliphatic rings. The van der Waals surface area contributed by atoms with Crippen molar-refractivity contribution < 1.29 is 0 Å². The van der Waals surface area contributed by atoms with Crippen molar-refractivity contribution in [2.24, 2.45) is 17.8 Å². The normalized spacial score (nSPS) is 33.5. The van der Waals surface area contributed by atoms with Gasteiger partial charge in [0.2, 0.25) is 0 Å². The minimum atomic E-state index is 0.873. The molecule has 2 saturated carbocycles. The third-order valence-corrected chi connectivity index (χ3v) is 5.17. The van der Waals surface area contributed by atoms with Crippen LogP contribution in [0.5, 0.6) is 0 Å². The molecule has 2 aliphatic carbocycles. The van der Waals surface area contributed by atoms with E-state index >= 15 is 0 Å². The summed E-state index contributed by atoms with van der Waals surface area (Å²) in [5.41, 5.74) is 1.58. The molecule has 1 N–H and O–H groups in total. The quantitative estimate of drug-likeness (QED) is 0.753. The molecule has 0 aliphatic heterocycles. The van der Waals surface area contributed by atoms with Gasteiger partial charge in [0.1, 0.15) is 0 Å². The molecule has 0 heterocycles. The van der Waals surface area contributed by atoms with Crippen molar-refractivity contribution in [3.8, 4) is 0 Å². The van der Waals surface area contributed by atoms with Gasteiger partial charge in [-0.2, -0.15) is 0 Å². The van der Waals surface area contributed by atoms with Crippen LogP contribution >= 0.6 is 0 Å². The van der Waals surface area contributed by atoms with E-state index in [9.17, 15) is 0 Å². The van der Waals surface area contributed by atoms with Gasteiger partial charge in [-0.15, -0.1) is 0 Å². The SMILES string of the molecule is CCCNCC1CCCC1C1CC1c1ccccc1. The highest BCUT2D eigenvalue weighted by molar-refractivity contribution is 5.26. The number of benzene rings is 1. The van der Waals surface area contributed by atoms with Crippen LogP contribution in [0, 0.1) is 17.8 Å². The van der Waals surface area contributed by atoms with E-state index in [1.165, 1.54) is 45.2 Å². The van der Waals surface area contributed by atoms with Gasteiger partial charge in [0.05, 0.1) is 0 Å². The van der Waals surface area contributed by atoms with Crippen LogP contribution in [0.3, 0.4) is 0 Å². The molecule has 2 fully saturated rings. The molecular formula is C18H27N. The highest BCUT2D eigenvalue weighted by Crippen LogP contribution is 2.57. The molecule has 104 valence electrons. The second-order valence-electron chi connectivity index (χ2n) is 6.48. The number of rotatable bonds is 6. The summed E-state index contributed by atoms with van der Waals surface area (Å²) < 4.78 is 0. The molecule has 4 unspecified atom stereocenters. The largest absolute Gasteiger partial charge is 0.316 e. The van der Waals surface area contributed by atoms with Crippen LogP contribution in [0.2, 0.25) is 0 Å². The van der Waals surface area contributed by atoms with Crippen LogP contribution in [0.1, 0.15) is 50.5 Å². The topological polar surface area (TPSA) is 12.0 Å².